The van der Waals surface area contributed by atoms with E-state index in [4.69, 9.17) is 0 Å². The van der Waals surface area contributed by atoms with E-state index in [-0.39, 0.29) is 5.69 Å². The molecule has 0 radical (unpaired) electrons. The Balaban J connectivity index is 1.45. The number of rotatable bonds is 3. The van der Waals surface area contributed by atoms with Crippen LogP contribution in [-0.2, 0) is 6.18 Å². The van der Waals surface area contributed by atoms with Crippen LogP contribution in [-0.4, -0.2) is 39.5 Å². The Morgan fingerprint density at radius 3 is 2.42 bits per heavy atom. The van der Waals surface area contributed by atoms with Crippen molar-refractivity contribution in [3.63, 3.8) is 0 Å². The normalized spacial score (nSPS) is 14.9. The Kier molecular flexibility index (Phi) is 5.09. The average molecular weight is 440 g/mol. The number of imidazole rings is 1. The van der Waals surface area contributed by atoms with E-state index in [0.29, 0.717) is 11.4 Å². The number of nitrogens with zero attached hydrogens (tertiary/aromatic N) is 3. The van der Waals surface area contributed by atoms with Gasteiger partial charge in [-0.2, -0.15) is 24.9 Å². The van der Waals surface area contributed by atoms with Crippen molar-refractivity contribution in [1.82, 2.24) is 15.0 Å². The maximum atomic E-state index is 13.3. The molecule has 0 saturated carbocycles. The van der Waals surface area contributed by atoms with Gasteiger partial charge in [0.15, 0.2) is 0 Å². The zero-order valence-corrected chi connectivity index (χ0v) is 17.3. The summed E-state index contributed by atoms with van der Waals surface area (Å²) in [7, 11) is 0. The topological polar surface area (TPSA) is 44.8 Å². The highest BCUT2D eigenvalue weighted by Crippen LogP contribution is 2.36. The number of H-pyrrole nitrogens is 1. The van der Waals surface area contributed by atoms with Crippen molar-refractivity contribution >= 4 is 28.5 Å². The number of aromatic amines is 1. The quantitative estimate of drug-likeness (QED) is 0.433. The molecular weight excluding hydrogens is 421 g/mol. The van der Waals surface area contributed by atoms with E-state index in [9.17, 15) is 13.2 Å². The summed E-state index contributed by atoms with van der Waals surface area (Å²) >= 11 is 1.97. The van der Waals surface area contributed by atoms with Gasteiger partial charge in [-0.3, -0.25) is 4.98 Å². The molecule has 1 N–H and O–H groups in total. The van der Waals surface area contributed by atoms with E-state index in [1.54, 1.807) is 24.3 Å². The fourth-order valence-electron chi connectivity index (χ4n) is 3.80. The van der Waals surface area contributed by atoms with Crippen molar-refractivity contribution < 1.29 is 13.2 Å². The molecule has 5 rings (SSSR count). The number of hydrogen-bond acceptors (Lipinski definition) is 4. The van der Waals surface area contributed by atoms with Gasteiger partial charge in [-0.05, 0) is 30.3 Å². The van der Waals surface area contributed by atoms with E-state index >= 15 is 0 Å². The van der Waals surface area contributed by atoms with Crippen LogP contribution in [0.1, 0.15) is 5.56 Å². The maximum absolute atomic E-state index is 13.3. The van der Waals surface area contributed by atoms with Crippen LogP contribution < -0.4 is 4.90 Å². The number of hydrogen-bond donors (Lipinski definition) is 1. The van der Waals surface area contributed by atoms with Crippen LogP contribution in [0.3, 0.4) is 0 Å². The van der Waals surface area contributed by atoms with Crippen molar-refractivity contribution in [2.75, 3.05) is 29.5 Å². The number of anilines is 1. The minimum atomic E-state index is -4.45. The van der Waals surface area contributed by atoms with Crippen LogP contribution in [0.15, 0.2) is 60.8 Å². The van der Waals surface area contributed by atoms with Crippen molar-refractivity contribution in [2.45, 2.75) is 6.18 Å². The molecule has 4 nitrogen and oxygen atoms in total. The van der Waals surface area contributed by atoms with Crippen molar-refractivity contribution in [3.05, 3.63) is 66.4 Å². The molecule has 1 aliphatic heterocycles. The monoisotopic (exact) mass is 440 g/mol. The highest BCUT2D eigenvalue weighted by molar-refractivity contribution is 7.99. The second-order valence-corrected chi connectivity index (χ2v) is 8.59. The summed E-state index contributed by atoms with van der Waals surface area (Å²) in [6, 6.07) is 15.4. The first kappa shape index (κ1) is 19.9. The molecule has 8 heteroatoms. The van der Waals surface area contributed by atoms with Gasteiger partial charge in [0.2, 0.25) is 0 Å². The molecule has 1 aliphatic rings. The molecule has 4 aromatic rings. The van der Waals surface area contributed by atoms with E-state index in [1.165, 1.54) is 18.0 Å². The fourth-order valence-corrected chi connectivity index (χ4v) is 4.71. The van der Waals surface area contributed by atoms with Crippen LogP contribution in [0.2, 0.25) is 0 Å². The number of fused-ring (bicyclic) bond motifs is 1. The smallest absolute Gasteiger partial charge is 0.370 e. The van der Waals surface area contributed by atoms with Gasteiger partial charge in [0.1, 0.15) is 5.82 Å². The van der Waals surface area contributed by atoms with Gasteiger partial charge in [0, 0.05) is 47.6 Å². The third-order valence-electron chi connectivity index (χ3n) is 5.39. The lowest BCUT2D eigenvalue weighted by Gasteiger charge is -2.28. The SMILES string of the molecule is FC(F)(F)c1cccnc1-c1ccc(-c2nc3ccc(N4CCSCC4)cc3[nH]2)cc1. The lowest BCUT2D eigenvalue weighted by atomic mass is 10.0. The van der Waals surface area contributed by atoms with E-state index in [0.717, 1.165) is 47.3 Å². The molecule has 0 aliphatic carbocycles. The summed E-state index contributed by atoms with van der Waals surface area (Å²) in [5.74, 6) is 2.94. The first-order chi connectivity index (χ1) is 15.0. The summed E-state index contributed by atoms with van der Waals surface area (Å²) in [5.41, 5.74) is 3.38. The Morgan fingerprint density at radius 2 is 1.68 bits per heavy atom. The van der Waals surface area contributed by atoms with Gasteiger partial charge in [-0.25, -0.2) is 4.98 Å². The highest BCUT2D eigenvalue weighted by Gasteiger charge is 2.34. The number of alkyl halides is 3. The third kappa shape index (κ3) is 3.99. The standard InChI is InChI=1S/C23H19F3N4S/c24-23(25,26)18-2-1-9-27-21(18)15-3-5-16(6-4-15)22-28-19-8-7-17(14-20(19)29-22)30-10-12-31-13-11-30/h1-9,14H,10-13H2,(H,28,29). The Bertz CT molecular complexity index is 1210. The molecule has 0 spiro atoms. The molecular formula is C23H19F3N4S. The Morgan fingerprint density at radius 1 is 0.935 bits per heavy atom. The molecule has 1 fully saturated rings. The van der Waals surface area contributed by atoms with Gasteiger partial charge in [-0.1, -0.05) is 24.3 Å². The number of pyridine rings is 1. The zero-order chi connectivity index (χ0) is 21.4. The molecule has 0 bridgehead atoms. The average Bonchev–Trinajstić information content (AvgIpc) is 3.23. The molecule has 0 amide bonds. The minimum absolute atomic E-state index is 0.0736. The van der Waals surface area contributed by atoms with Crippen molar-refractivity contribution in [3.8, 4) is 22.6 Å². The van der Waals surface area contributed by atoms with E-state index < -0.39 is 11.7 Å². The summed E-state index contributed by atoms with van der Waals surface area (Å²) in [5, 5.41) is 0. The largest absolute Gasteiger partial charge is 0.418 e. The zero-order valence-electron chi connectivity index (χ0n) is 16.5. The van der Waals surface area contributed by atoms with Crippen LogP contribution in [0.4, 0.5) is 18.9 Å². The Hall–Kier alpha value is -3.00. The first-order valence-corrected chi connectivity index (χ1v) is 11.1. The second-order valence-electron chi connectivity index (χ2n) is 7.36. The van der Waals surface area contributed by atoms with Gasteiger partial charge in [-0.15, -0.1) is 0 Å². The minimum Gasteiger partial charge on any atom is -0.370 e. The molecule has 2 aromatic heterocycles. The third-order valence-corrected chi connectivity index (χ3v) is 6.33. The van der Waals surface area contributed by atoms with Crippen LogP contribution in [0.25, 0.3) is 33.7 Å². The maximum Gasteiger partial charge on any atom is 0.418 e. The van der Waals surface area contributed by atoms with Gasteiger partial charge >= 0.3 is 6.18 Å². The number of benzene rings is 2. The van der Waals surface area contributed by atoms with Crippen molar-refractivity contribution in [1.29, 1.82) is 0 Å². The lowest BCUT2D eigenvalue weighted by Crippen LogP contribution is -2.32. The number of halogens is 3. The van der Waals surface area contributed by atoms with Crippen LogP contribution in [0.5, 0.6) is 0 Å². The summed E-state index contributed by atoms with van der Waals surface area (Å²) < 4.78 is 39.9. The van der Waals surface area contributed by atoms with Crippen molar-refractivity contribution in [2.24, 2.45) is 0 Å². The van der Waals surface area contributed by atoms with Crippen LogP contribution >= 0.6 is 11.8 Å². The van der Waals surface area contributed by atoms with Gasteiger partial charge < -0.3 is 9.88 Å². The summed E-state index contributed by atoms with van der Waals surface area (Å²) in [6.45, 7) is 2.07. The Labute approximate surface area is 181 Å². The van der Waals surface area contributed by atoms with Gasteiger partial charge in [0.25, 0.3) is 0 Å². The van der Waals surface area contributed by atoms with E-state index in [2.05, 4.69) is 32.0 Å². The predicted octanol–water partition coefficient (Wildman–Crippen LogP) is 5.86. The first-order valence-electron chi connectivity index (χ1n) is 9.94. The molecule has 0 unspecified atom stereocenters. The molecule has 3 heterocycles. The van der Waals surface area contributed by atoms with E-state index in [1.807, 2.05) is 17.8 Å². The van der Waals surface area contributed by atoms with Crippen LogP contribution in [0, 0.1) is 0 Å². The highest BCUT2D eigenvalue weighted by atomic mass is 32.2. The lowest BCUT2D eigenvalue weighted by molar-refractivity contribution is -0.137. The molecule has 158 valence electrons. The fraction of sp³-hybridized carbons (Fsp3) is 0.217. The second kappa shape index (κ2) is 7.92. The summed E-state index contributed by atoms with van der Waals surface area (Å²) in [4.78, 5) is 14.3. The summed E-state index contributed by atoms with van der Waals surface area (Å²) in [6.07, 6.45) is -3.08. The number of aromatic nitrogens is 3. The molecule has 1 saturated heterocycles. The molecule has 31 heavy (non-hydrogen) atoms. The number of nitrogens with one attached hydrogen (secondary N) is 1. The predicted molar refractivity (Wildman–Crippen MR) is 119 cm³/mol. The molecule has 0 atom stereocenters. The number of thioether (sulfide) groups is 1. The molecule has 2 aromatic carbocycles. The van der Waals surface area contributed by atoms with Gasteiger partial charge in [0.05, 0.1) is 22.3 Å².